The zero-order chi connectivity index (χ0) is 16.8. The molecule has 0 unspecified atom stereocenters. The van der Waals surface area contributed by atoms with Gasteiger partial charge < -0.3 is 19.9 Å². The molecule has 1 fully saturated rings. The summed E-state index contributed by atoms with van der Waals surface area (Å²) in [7, 11) is 0. The van der Waals surface area contributed by atoms with Crippen LogP contribution in [0.15, 0.2) is 33.8 Å². The highest BCUT2D eigenvalue weighted by molar-refractivity contribution is 5.78. The summed E-state index contributed by atoms with van der Waals surface area (Å²) in [6.07, 6.45) is 1.61. The van der Waals surface area contributed by atoms with E-state index in [1.807, 2.05) is 19.1 Å². The Morgan fingerprint density at radius 1 is 1.25 bits per heavy atom. The molecule has 24 heavy (non-hydrogen) atoms. The van der Waals surface area contributed by atoms with Crippen molar-refractivity contribution >= 4 is 5.96 Å². The van der Waals surface area contributed by atoms with Crippen LogP contribution in [0.2, 0.25) is 0 Å². The quantitative estimate of drug-likeness (QED) is 0.660. The number of hydrogen-bond acceptors (Lipinski definition) is 5. The molecule has 1 aromatic carbocycles. The Bertz CT molecular complexity index is 675. The molecular weight excluding hydrogens is 306 g/mol. The van der Waals surface area contributed by atoms with Crippen LogP contribution in [0.4, 0.5) is 0 Å². The van der Waals surface area contributed by atoms with Gasteiger partial charge in [-0.05, 0) is 24.1 Å². The Kier molecular flexibility index (Phi) is 5.43. The summed E-state index contributed by atoms with van der Waals surface area (Å²) >= 11 is 0. The van der Waals surface area contributed by atoms with Gasteiger partial charge >= 0.3 is 0 Å². The van der Waals surface area contributed by atoms with Crippen LogP contribution >= 0.6 is 0 Å². The molecule has 128 valence electrons. The summed E-state index contributed by atoms with van der Waals surface area (Å²) in [5.74, 6) is 1.89. The van der Waals surface area contributed by atoms with Crippen molar-refractivity contribution in [3.63, 3.8) is 0 Å². The van der Waals surface area contributed by atoms with Crippen LogP contribution in [0.1, 0.15) is 18.3 Å². The second kappa shape index (κ2) is 7.92. The molecule has 0 atom stereocenters. The van der Waals surface area contributed by atoms with E-state index < -0.39 is 0 Å². The van der Waals surface area contributed by atoms with Crippen LogP contribution in [-0.4, -0.2) is 53.8 Å². The average molecular weight is 329 g/mol. The monoisotopic (exact) mass is 329 g/mol. The summed E-state index contributed by atoms with van der Waals surface area (Å²) in [5, 5.41) is 3.92. The molecule has 2 heterocycles. The summed E-state index contributed by atoms with van der Waals surface area (Å²) in [4.78, 5) is 10.9. The fourth-order valence-corrected chi connectivity index (χ4v) is 2.52. The lowest BCUT2D eigenvalue weighted by Crippen LogP contribution is -2.44. The van der Waals surface area contributed by atoms with Crippen molar-refractivity contribution in [2.75, 3.05) is 32.8 Å². The number of ether oxygens (including phenoxy) is 1. The largest absolute Gasteiger partial charge is 0.378 e. The zero-order valence-corrected chi connectivity index (χ0v) is 13.9. The molecule has 1 aliphatic rings. The van der Waals surface area contributed by atoms with Crippen LogP contribution in [0.3, 0.4) is 0 Å². The third-order valence-corrected chi connectivity index (χ3v) is 3.99. The number of aliphatic imine (C=N–C) groups is 1. The molecule has 1 aromatic heterocycles. The van der Waals surface area contributed by atoms with E-state index in [-0.39, 0.29) is 0 Å². The van der Waals surface area contributed by atoms with Crippen LogP contribution < -0.4 is 5.73 Å². The average Bonchev–Trinajstić information content (AvgIpc) is 3.12. The summed E-state index contributed by atoms with van der Waals surface area (Å²) in [5.41, 5.74) is 8.15. The van der Waals surface area contributed by atoms with Crippen LogP contribution in [0.25, 0.3) is 11.5 Å². The first-order valence-corrected chi connectivity index (χ1v) is 8.31. The van der Waals surface area contributed by atoms with E-state index in [2.05, 4.69) is 32.2 Å². The lowest BCUT2D eigenvalue weighted by atomic mass is 10.1. The van der Waals surface area contributed by atoms with Crippen molar-refractivity contribution in [2.45, 2.75) is 19.8 Å². The maximum absolute atomic E-state index is 6.02. The van der Waals surface area contributed by atoms with Crippen molar-refractivity contribution < 1.29 is 9.26 Å². The van der Waals surface area contributed by atoms with E-state index in [0.717, 1.165) is 37.3 Å². The molecule has 3 rings (SSSR count). The Balaban J connectivity index is 1.54. The van der Waals surface area contributed by atoms with Gasteiger partial charge in [0.05, 0.1) is 13.2 Å². The minimum atomic E-state index is 0.563. The number of nitrogens with zero attached hydrogens (tertiary/aromatic N) is 4. The van der Waals surface area contributed by atoms with Gasteiger partial charge in [-0.15, -0.1) is 0 Å². The van der Waals surface area contributed by atoms with Gasteiger partial charge in [-0.1, -0.05) is 24.2 Å². The van der Waals surface area contributed by atoms with Crippen molar-refractivity contribution in [2.24, 2.45) is 10.7 Å². The highest BCUT2D eigenvalue weighted by Crippen LogP contribution is 2.18. The minimum absolute atomic E-state index is 0.563. The Hall–Kier alpha value is -2.41. The fourth-order valence-electron chi connectivity index (χ4n) is 2.52. The molecule has 2 aromatic rings. The van der Waals surface area contributed by atoms with E-state index >= 15 is 0 Å². The Labute approximate surface area is 141 Å². The van der Waals surface area contributed by atoms with Gasteiger partial charge in [0.2, 0.25) is 0 Å². The van der Waals surface area contributed by atoms with E-state index in [4.69, 9.17) is 15.0 Å². The molecule has 1 aliphatic heterocycles. The molecule has 1 saturated heterocycles. The number of guanidine groups is 1. The van der Waals surface area contributed by atoms with Gasteiger partial charge in [0.1, 0.15) is 0 Å². The lowest BCUT2D eigenvalue weighted by molar-refractivity contribution is 0.0674. The summed E-state index contributed by atoms with van der Waals surface area (Å²) in [6, 6.07) is 8.12. The highest BCUT2D eigenvalue weighted by Gasteiger charge is 2.12. The SMILES string of the molecule is CCc1noc(-c2ccc(CCN=C(N)N3CCOCC3)cc2)n1. The van der Waals surface area contributed by atoms with Crippen LogP contribution in [0, 0.1) is 0 Å². The predicted octanol–water partition coefficient (Wildman–Crippen LogP) is 1.49. The van der Waals surface area contributed by atoms with E-state index in [0.29, 0.717) is 31.6 Å². The van der Waals surface area contributed by atoms with Gasteiger partial charge in [0.15, 0.2) is 11.8 Å². The molecule has 0 spiro atoms. The maximum atomic E-state index is 6.02. The second-order valence-corrected chi connectivity index (χ2v) is 5.66. The first kappa shape index (κ1) is 16.4. The third kappa shape index (κ3) is 4.11. The van der Waals surface area contributed by atoms with Gasteiger partial charge in [-0.2, -0.15) is 4.98 Å². The number of hydrogen-bond donors (Lipinski definition) is 1. The number of aromatic nitrogens is 2. The van der Waals surface area contributed by atoms with Gasteiger partial charge in [-0.3, -0.25) is 4.99 Å². The molecule has 0 saturated carbocycles. The lowest BCUT2D eigenvalue weighted by Gasteiger charge is -2.27. The van der Waals surface area contributed by atoms with Crippen molar-refractivity contribution in [1.82, 2.24) is 15.0 Å². The molecular formula is C17H23N5O2. The summed E-state index contributed by atoms with van der Waals surface area (Å²) in [6.45, 7) is 5.73. The highest BCUT2D eigenvalue weighted by atomic mass is 16.5. The number of morpholine rings is 1. The molecule has 7 nitrogen and oxygen atoms in total. The number of aryl methyl sites for hydroxylation is 1. The van der Waals surface area contributed by atoms with Crippen LogP contribution in [-0.2, 0) is 17.6 Å². The minimum Gasteiger partial charge on any atom is -0.378 e. The first-order chi connectivity index (χ1) is 11.8. The van der Waals surface area contributed by atoms with Crippen molar-refractivity contribution in [1.29, 1.82) is 0 Å². The van der Waals surface area contributed by atoms with Gasteiger partial charge in [-0.25, -0.2) is 0 Å². The molecule has 0 bridgehead atoms. The molecule has 7 heteroatoms. The Morgan fingerprint density at radius 2 is 2.00 bits per heavy atom. The number of benzene rings is 1. The van der Waals surface area contributed by atoms with Crippen molar-refractivity contribution in [3.05, 3.63) is 35.7 Å². The zero-order valence-electron chi connectivity index (χ0n) is 13.9. The van der Waals surface area contributed by atoms with Crippen LogP contribution in [0.5, 0.6) is 0 Å². The Morgan fingerprint density at radius 3 is 2.67 bits per heavy atom. The molecule has 2 N–H and O–H groups in total. The predicted molar refractivity (Wildman–Crippen MR) is 91.7 cm³/mol. The number of rotatable bonds is 5. The first-order valence-electron chi connectivity index (χ1n) is 8.31. The van der Waals surface area contributed by atoms with E-state index in [9.17, 15) is 0 Å². The topological polar surface area (TPSA) is 89.8 Å². The second-order valence-electron chi connectivity index (χ2n) is 5.66. The normalized spacial score (nSPS) is 15.7. The fraction of sp³-hybridized carbons (Fsp3) is 0.471. The van der Waals surface area contributed by atoms with E-state index in [1.54, 1.807) is 0 Å². The maximum Gasteiger partial charge on any atom is 0.257 e. The molecule has 0 aliphatic carbocycles. The number of nitrogens with two attached hydrogens (primary N) is 1. The van der Waals surface area contributed by atoms with E-state index in [1.165, 1.54) is 5.56 Å². The molecule has 0 radical (unpaired) electrons. The smallest absolute Gasteiger partial charge is 0.257 e. The van der Waals surface area contributed by atoms with Crippen molar-refractivity contribution in [3.8, 4) is 11.5 Å². The third-order valence-electron chi connectivity index (χ3n) is 3.99. The molecule has 0 amide bonds. The standard InChI is InChI=1S/C17H23N5O2/c1-2-15-20-16(24-21-15)14-5-3-13(4-6-14)7-8-19-17(18)22-9-11-23-12-10-22/h3-6H,2,7-12H2,1H3,(H2,18,19). The van der Waals surface area contributed by atoms with Gasteiger partial charge in [0.25, 0.3) is 5.89 Å². The van der Waals surface area contributed by atoms with Gasteiger partial charge in [0, 0.05) is 31.6 Å². The summed E-state index contributed by atoms with van der Waals surface area (Å²) < 4.78 is 10.6.